The van der Waals surface area contributed by atoms with Crippen LogP contribution in [0, 0.1) is 5.82 Å². The second kappa shape index (κ2) is 7.26. The van der Waals surface area contributed by atoms with E-state index in [2.05, 4.69) is 5.32 Å². The highest BCUT2D eigenvalue weighted by Gasteiger charge is 2.33. The third kappa shape index (κ3) is 4.31. The van der Waals surface area contributed by atoms with Gasteiger partial charge in [-0.2, -0.15) is 13.2 Å². The van der Waals surface area contributed by atoms with Gasteiger partial charge in [0.15, 0.2) is 0 Å². The number of ether oxygens (including phenoxy) is 1. The molecule has 1 aliphatic heterocycles. The molecule has 0 spiro atoms. The Morgan fingerprint density at radius 1 is 1.36 bits per heavy atom. The summed E-state index contributed by atoms with van der Waals surface area (Å²) in [5.74, 6) is -1.62. The Morgan fingerprint density at radius 2 is 2.05 bits per heavy atom. The van der Waals surface area contributed by atoms with Crippen LogP contribution in [0.5, 0.6) is 0 Å². The number of carbonyl (C=O) groups excluding carboxylic acids is 1. The molecule has 0 aliphatic carbocycles. The zero-order valence-electron chi connectivity index (χ0n) is 11.3. The molecule has 9 heteroatoms. The van der Waals surface area contributed by atoms with Crippen molar-refractivity contribution in [1.82, 2.24) is 0 Å². The van der Waals surface area contributed by atoms with Gasteiger partial charge >= 0.3 is 6.18 Å². The average Bonchev–Trinajstić information content (AvgIpc) is 2.88. The number of nitrogens with two attached hydrogens (primary N) is 1. The molecule has 124 valence electrons. The molecule has 0 bridgehead atoms. The molecule has 1 aromatic carbocycles. The first kappa shape index (κ1) is 18.7. The topological polar surface area (TPSA) is 64.4 Å². The minimum Gasteiger partial charge on any atom is -0.364 e. The number of benzene rings is 1. The van der Waals surface area contributed by atoms with Crippen molar-refractivity contribution in [3.63, 3.8) is 0 Å². The molecule has 0 unspecified atom stereocenters. The van der Waals surface area contributed by atoms with Crippen molar-refractivity contribution in [2.24, 2.45) is 5.73 Å². The summed E-state index contributed by atoms with van der Waals surface area (Å²) in [5, 5.41) is 2.13. The smallest absolute Gasteiger partial charge is 0.364 e. The van der Waals surface area contributed by atoms with E-state index in [4.69, 9.17) is 10.5 Å². The minimum atomic E-state index is -4.61. The molecule has 4 nitrogen and oxygen atoms in total. The highest BCUT2D eigenvalue weighted by Crippen LogP contribution is 2.32. The molecule has 1 fully saturated rings. The van der Waals surface area contributed by atoms with E-state index in [1.165, 1.54) is 0 Å². The maximum Gasteiger partial charge on any atom is 0.416 e. The van der Waals surface area contributed by atoms with Gasteiger partial charge in [0.2, 0.25) is 0 Å². The van der Waals surface area contributed by atoms with Crippen LogP contribution in [-0.2, 0) is 15.7 Å². The molecule has 0 radical (unpaired) electrons. The third-order valence-electron chi connectivity index (χ3n) is 3.21. The van der Waals surface area contributed by atoms with Crippen LogP contribution in [0.25, 0.3) is 0 Å². The van der Waals surface area contributed by atoms with Gasteiger partial charge in [-0.15, -0.1) is 12.4 Å². The SMILES string of the molecule is Cl.NC[C@H]1CC[C@@H](C(=O)Nc2cc(C(F)(F)F)ccc2F)O1. The fourth-order valence-corrected chi connectivity index (χ4v) is 2.08. The number of nitrogens with one attached hydrogen (secondary N) is 1. The molecule has 2 atom stereocenters. The average molecular weight is 343 g/mol. The first-order chi connectivity index (χ1) is 9.81. The van der Waals surface area contributed by atoms with Crippen molar-refractivity contribution in [2.45, 2.75) is 31.2 Å². The van der Waals surface area contributed by atoms with E-state index in [0.717, 1.165) is 0 Å². The Bertz CT molecular complexity index is 539. The van der Waals surface area contributed by atoms with Crippen LogP contribution < -0.4 is 11.1 Å². The van der Waals surface area contributed by atoms with Gasteiger partial charge in [0, 0.05) is 6.54 Å². The van der Waals surface area contributed by atoms with Gasteiger partial charge in [-0.3, -0.25) is 4.79 Å². The summed E-state index contributed by atoms with van der Waals surface area (Å²) in [6, 6.07) is 1.83. The highest BCUT2D eigenvalue weighted by molar-refractivity contribution is 5.94. The number of anilines is 1. The van der Waals surface area contributed by atoms with E-state index in [-0.39, 0.29) is 25.1 Å². The van der Waals surface area contributed by atoms with Crippen LogP contribution in [0.3, 0.4) is 0 Å². The van der Waals surface area contributed by atoms with Crippen LogP contribution in [0.2, 0.25) is 0 Å². The van der Waals surface area contributed by atoms with E-state index in [0.29, 0.717) is 31.0 Å². The molecule has 0 saturated carbocycles. The monoisotopic (exact) mass is 342 g/mol. The van der Waals surface area contributed by atoms with Crippen molar-refractivity contribution in [3.05, 3.63) is 29.6 Å². The summed E-state index contributed by atoms with van der Waals surface area (Å²) >= 11 is 0. The Kier molecular flexibility index (Phi) is 6.16. The minimum absolute atomic E-state index is 0. The maximum absolute atomic E-state index is 13.5. The Morgan fingerprint density at radius 3 is 2.59 bits per heavy atom. The van der Waals surface area contributed by atoms with Crippen molar-refractivity contribution in [3.8, 4) is 0 Å². The van der Waals surface area contributed by atoms with Gasteiger partial charge in [0.25, 0.3) is 5.91 Å². The van der Waals surface area contributed by atoms with Crippen LogP contribution in [0.15, 0.2) is 18.2 Å². The Labute approximate surface area is 130 Å². The molecular formula is C13H15ClF4N2O2. The van der Waals surface area contributed by atoms with Gasteiger partial charge < -0.3 is 15.8 Å². The molecule has 1 saturated heterocycles. The molecule has 3 N–H and O–H groups in total. The lowest BCUT2D eigenvalue weighted by molar-refractivity contribution is -0.137. The van der Waals surface area contributed by atoms with E-state index < -0.39 is 35.3 Å². The molecule has 1 aromatic rings. The summed E-state index contributed by atoms with van der Waals surface area (Å²) in [4.78, 5) is 11.9. The lowest BCUT2D eigenvalue weighted by atomic mass is 10.1. The summed E-state index contributed by atoms with van der Waals surface area (Å²) in [6.07, 6.45) is -4.71. The van der Waals surface area contributed by atoms with Gasteiger partial charge in [0.1, 0.15) is 11.9 Å². The van der Waals surface area contributed by atoms with Crippen molar-refractivity contribution >= 4 is 24.0 Å². The van der Waals surface area contributed by atoms with Gasteiger partial charge in [-0.1, -0.05) is 0 Å². The molecule has 22 heavy (non-hydrogen) atoms. The summed E-state index contributed by atoms with van der Waals surface area (Å²) in [7, 11) is 0. The predicted molar refractivity (Wildman–Crippen MR) is 74.2 cm³/mol. The van der Waals surface area contributed by atoms with Crippen LogP contribution in [0.4, 0.5) is 23.2 Å². The first-order valence-corrected chi connectivity index (χ1v) is 6.34. The number of amides is 1. The standard InChI is InChI=1S/C13H14F4N2O2.ClH/c14-9-3-1-7(13(15,16)17)5-10(9)19-12(20)11-4-2-8(6-18)21-11;/h1,3,5,8,11H,2,4,6,18H2,(H,19,20);1H/t8-,11+;/m1./s1. The van der Waals surface area contributed by atoms with E-state index in [9.17, 15) is 22.4 Å². The number of hydrogen-bond acceptors (Lipinski definition) is 3. The van der Waals surface area contributed by atoms with Crippen molar-refractivity contribution in [2.75, 3.05) is 11.9 Å². The fraction of sp³-hybridized carbons (Fsp3) is 0.462. The van der Waals surface area contributed by atoms with Crippen LogP contribution in [-0.4, -0.2) is 24.7 Å². The number of alkyl halides is 3. The number of halogens is 5. The van der Waals surface area contributed by atoms with E-state index in [1.807, 2.05) is 0 Å². The lowest BCUT2D eigenvalue weighted by Gasteiger charge is -2.14. The zero-order chi connectivity index (χ0) is 15.6. The quantitative estimate of drug-likeness (QED) is 0.830. The molecule has 1 aliphatic rings. The van der Waals surface area contributed by atoms with E-state index >= 15 is 0 Å². The molecule has 1 amide bonds. The van der Waals surface area contributed by atoms with E-state index in [1.54, 1.807) is 0 Å². The maximum atomic E-state index is 13.5. The largest absolute Gasteiger partial charge is 0.416 e. The van der Waals surface area contributed by atoms with Crippen LogP contribution >= 0.6 is 12.4 Å². The molecule has 2 rings (SSSR count). The highest BCUT2D eigenvalue weighted by atomic mass is 35.5. The number of hydrogen-bond donors (Lipinski definition) is 2. The van der Waals surface area contributed by atoms with Crippen molar-refractivity contribution in [1.29, 1.82) is 0 Å². The second-order valence-electron chi connectivity index (χ2n) is 4.74. The Balaban J connectivity index is 0.00000242. The van der Waals surface area contributed by atoms with Gasteiger partial charge in [0.05, 0.1) is 17.4 Å². The number of carbonyl (C=O) groups is 1. The Hall–Kier alpha value is -1.38. The lowest BCUT2D eigenvalue weighted by Crippen LogP contribution is -2.30. The normalized spacial score (nSPS) is 21.3. The molecule has 0 aromatic heterocycles. The summed E-state index contributed by atoms with van der Waals surface area (Å²) < 4.78 is 56.5. The zero-order valence-corrected chi connectivity index (χ0v) is 12.1. The van der Waals surface area contributed by atoms with Crippen molar-refractivity contribution < 1.29 is 27.1 Å². The fourth-order valence-electron chi connectivity index (χ4n) is 2.08. The third-order valence-corrected chi connectivity index (χ3v) is 3.21. The summed E-state index contributed by atoms with van der Waals surface area (Å²) in [6.45, 7) is 0.252. The van der Waals surface area contributed by atoms with Gasteiger partial charge in [-0.05, 0) is 31.0 Å². The second-order valence-corrected chi connectivity index (χ2v) is 4.74. The first-order valence-electron chi connectivity index (χ1n) is 6.34. The van der Waals surface area contributed by atoms with Gasteiger partial charge in [-0.25, -0.2) is 4.39 Å². The van der Waals surface area contributed by atoms with Crippen LogP contribution in [0.1, 0.15) is 18.4 Å². The summed E-state index contributed by atoms with van der Waals surface area (Å²) in [5.41, 5.74) is 3.84. The predicted octanol–water partition coefficient (Wildman–Crippen LogP) is 2.71. The number of rotatable bonds is 3. The molecular weight excluding hydrogens is 328 g/mol. The molecule has 1 heterocycles.